The van der Waals surface area contributed by atoms with Crippen LogP contribution >= 0.6 is 11.5 Å². The number of carbonyl (C=O) groups excluding carboxylic acids is 1. The first-order valence-corrected chi connectivity index (χ1v) is 9.09. The Labute approximate surface area is 159 Å². The molecule has 1 aromatic carbocycles. The monoisotopic (exact) mass is 401 g/mol. The second kappa shape index (κ2) is 7.85. The summed E-state index contributed by atoms with van der Waals surface area (Å²) in [4.78, 5) is 23.8. The van der Waals surface area contributed by atoms with Crippen molar-refractivity contribution < 1.29 is 18.0 Å². The van der Waals surface area contributed by atoms with Gasteiger partial charge in [0.05, 0.1) is 10.4 Å². The molecule has 27 heavy (non-hydrogen) atoms. The highest BCUT2D eigenvalue weighted by molar-refractivity contribution is 7.10. The van der Waals surface area contributed by atoms with E-state index < -0.39 is 18.1 Å². The second-order valence-corrected chi connectivity index (χ2v) is 8.26. The molecule has 2 rings (SSSR count). The van der Waals surface area contributed by atoms with Gasteiger partial charge in [0.15, 0.2) is 0 Å². The molecule has 0 bridgehead atoms. The summed E-state index contributed by atoms with van der Waals surface area (Å²) < 4.78 is 38.2. The second-order valence-electron chi connectivity index (χ2n) is 7.27. The van der Waals surface area contributed by atoms with Crippen LogP contribution in [0.15, 0.2) is 35.1 Å². The zero-order valence-electron chi connectivity index (χ0n) is 15.3. The average molecular weight is 401 g/mol. The Morgan fingerprint density at radius 3 is 2.30 bits per heavy atom. The molecule has 0 aliphatic heterocycles. The van der Waals surface area contributed by atoms with Gasteiger partial charge in [-0.3, -0.25) is 13.5 Å². The third-order valence-electron chi connectivity index (χ3n) is 3.77. The van der Waals surface area contributed by atoms with Crippen LogP contribution in [0.3, 0.4) is 0 Å². The Morgan fingerprint density at radius 1 is 1.22 bits per heavy atom. The van der Waals surface area contributed by atoms with Crippen LogP contribution < -0.4 is 16.6 Å². The van der Waals surface area contributed by atoms with Gasteiger partial charge in [0.2, 0.25) is 0 Å². The molecule has 3 N–H and O–H groups in total. The molecule has 0 aliphatic rings. The molecular weight excluding hydrogens is 379 g/mol. The van der Waals surface area contributed by atoms with E-state index in [9.17, 15) is 22.8 Å². The lowest BCUT2D eigenvalue weighted by Crippen LogP contribution is -2.44. The molecule has 5 nitrogen and oxygen atoms in total. The van der Waals surface area contributed by atoms with E-state index in [1.165, 1.54) is 11.5 Å². The van der Waals surface area contributed by atoms with Crippen molar-refractivity contribution in [2.75, 3.05) is 6.54 Å². The fourth-order valence-electron chi connectivity index (χ4n) is 2.45. The van der Waals surface area contributed by atoms with E-state index in [1.54, 1.807) is 15.3 Å². The summed E-state index contributed by atoms with van der Waals surface area (Å²) in [5, 5.41) is 1.78. The number of hydrogen-bond acceptors (Lipinski definition) is 4. The molecule has 1 amide bonds. The summed E-state index contributed by atoms with van der Waals surface area (Å²) >= 11 is 1.38. The molecule has 0 saturated carbocycles. The first kappa shape index (κ1) is 21.2. The predicted octanol–water partition coefficient (Wildman–Crippen LogP) is 2.88. The van der Waals surface area contributed by atoms with E-state index in [2.05, 4.69) is 0 Å². The molecule has 1 atom stereocenters. The summed E-state index contributed by atoms with van der Waals surface area (Å²) in [6.07, 6.45) is -4.59. The van der Waals surface area contributed by atoms with Crippen LogP contribution in [0.5, 0.6) is 0 Å². The molecule has 0 saturated heterocycles. The smallest absolute Gasteiger partial charge is 0.347 e. The number of nitrogens with zero attached hydrogens (tertiary/aromatic N) is 1. The summed E-state index contributed by atoms with van der Waals surface area (Å²) in [5.74, 6) is -1.99. The van der Waals surface area contributed by atoms with Crippen LogP contribution in [0.25, 0.3) is 10.4 Å². The van der Waals surface area contributed by atoms with E-state index >= 15 is 0 Å². The summed E-state index contributed by atoms with van der Waals surface area (Å²) in [6, 6.07) is 8.26. The summed E-state index contributed by atoms with van der Waals surface area (Å²) in [6.45, 7) is 5.60. The first-order chi connectivity index (χ1) is 12.4. The van der Waals surface area contributed by atoms with Crippen LogP contribution in [-0.2, 0) is 16.8 Å². The summed E-state index contributed by atoms with van der Waals surface area (Å²) in [7, 11) is 0. The molecule has 9 heteroatoms. The number of carbonyl (C=O) groups is 1. The maximum absolute atomic E-state index is 12.2. The number of rotatable bonds is 5. The quantitative estimate of drug-likeness (QED) is 0.809. The van der Waals surface area contributed by atoms with Gasteiger partial charge in [-0.15, -0.1) is 0 Å². The molecule has 0 radical (unpaired) electrons. The van der Waals surface area contributed by atoms with Crippen LogP contribution in [0.4, 0.5) is 13.2 Å². The van der Waals surface area contributed by atoms with E-state index in [0.717, 1.165) is 16.0 Å². The fourth-order valence-corrected chi connectivity index (χ4v) is 3.46. The minimum absolute atomic E-state index is 0.0611. The van der Waals surface area contributed by atoms with Gasteiger partial charge in [-0.1, -0.05) is 35.8 Å². The van der Waals surface area contributed by atoms with Gasteiger partial charge in [0.1, 0.15) is 0 Å². The molecule has 0 fully saturated rings. The minimum Gasteiger partial charge on any atom is -0.347 e. The highest BCUT2D eigenvalue weighted by Crippen LogP contribution is 2.26. The summed E-state index contributed by atoms with van der Waals surface area (Å²) in [5.41, 5.74) is 7.14. The minimum atomic E-state index is -4.91. The van der Waals surface area contributed by atoms with E-state index in [-0.39, 0.29) is 17.6 Å². The van der Waals surface area contributed by atoms with Gasteiger partial charge in [-0.2, -0.15) is 13.2 Å². The molecule has 0 aliphatic carbocycles. The number of nitrogens with one attached hydrogen (secondary N) is 1. The fraction of sp³-hybridized carbons (Fsp3) is 0.444. The molecule has 148 valence electrons. The molecule has 0 unspecified atom stereocenters. The maximum atomic E-state index is 12.2. The van der Waals surface area contributed by atoms with Crippen molar-refractivity contribution in [2.24, 2.45) is 5.73 Å². The highest BCUT2D eigenvalue weighted by atomic mass is 32.1. The molecule has 1 aromatic heterocycles. The Balaban J connectivity index is 2.01. The Kier molecular flexibility index (Phi) is 6.16. The van der Waals surface area contributed by atoms with Gasteiger partial charge in [0.25, 0.3) is 5.56 Å². The Bertz CT molecular complexity index is 848. The Morgan fingerprint density at radius 2 is 1.81 bits per heavy atom. The molecular formula is C18H22F3N3O2S. The van der Waals surface area contributed by atoms with E-state index in [1.807, 2.05) is 45.0 Å². The van der Waals surface area contributed by atoms with Crippen molar-refractivity contribution in [3.05, 3.63) is 46.2 Å². The van der Waals surface area contributed by atoms with Crippen LogP contribution in [0.2, 0.25) is 0 Å². The predicted molar refractivity (Wildman–Crippen MR) is 99.8 cm³/mol. The topological polar surface area (TPSA) is 77.1 Å². The number of halogens is 3. The first-order valence-electron chi connectivity index (χ1n) is 8.31. The third-order valence-corrected chi connectivity index (χ3v) is 5.23. The van der Waals surface area contributed by atoms with Gasteiger partial charge in [-0.05, 0) is 38.3 Å². The maximum Gasteiger partial charge on any atom is 0.471 e. The molecule has 2 aromatic rings. The lowest BCUT2D eigenvalue weighted by molar-refractivity contribution is -0.173. The van der Waals surface area contributed by atoms with E-state index in [0.29, 0.717) is 6.42 Å². The normalized spacial score (nSPS) is 13.4. The number of amides is 1. The lowest BCUT2D eigenvalue weighted by atomic mass is 10.0. The number of hydrogen-bond donors (Lipinski definition) is 2. The van der Waals surface area contributed by atoms with Crippen molar-refractivity contribution >= 4 is 17.4 Å². The van der Waals surface area contributed by atoms with Gasteiger partial charge in [0, 0.05) is 18.7 Å². The van der Waals surface area contributed by atoms with Crippen molar-refractivity contribution in [3.63, 3.8) is 0 Å². The van der Waals surface area contributed by atoms with Crippen molar-refractivity contribution in [3.8, 4) is 10.4 Å². The average Bonchev–Trinajstić information content (AvgIpc) is 2.94. The number of aromatic nitrogens is 1. The van der Waals surface area contributed by atoms with Crippen molar-refractivity contribution in [2.45, 2.75) is 44.9 Å². The highest BCUT2D eigenvalue weighted by Gasteiger charge is 2.38. The number of alkyl halides is 3. The number of nitrogens with two attached hydrogens (primary N) is 1. The zero-order valence-corrected chi connectivity index (χ0v) is 16.1. The van der Waals surface area contributed by atoms with Gasteiger partial charge < -0.3 is 11.1 Å². The largest absolute Gasteiger partial charge is 0.471 e. The van der Waals surface area contributed by atoms with Crippen molar-refractivity contribution in [1.82, 2.24) is 9.27 Å². The molecule has 0 spiro atoms. The van der Waals surface area contributed by atoms with Crippen molar-refractivity contribution in [1.29, 1.82) is 0 Å². The number of benzene rings is 1. The zero-order chi connectivity index (χ0) is 20.4. The Hall–Kier alpha value is -2.13. The van der Waals surface area contributed by atoms with Gasteiger partial charge >= 0.3 is 12.1 Å². The van der Waals surface area contributed by atoms with Gasteiger partial charge in [-0.25, -0.2) is 0 Å². The lowest BCUT2D eigenvalue weighted by Gasteiger charge is -2.18. The SMILES string of the molecule is CC(C)(C)n1sc(-c2ccc(C[C@H](N)CNC(=O)C(F)(F)F)cc2)cc1=O. The van der Waals surface area contributed by atoms with Crippen LogP contribution in [0, 0.1) is 0 Å². The standard InChI is InChI=1S/C18H22F3N3O2S/c1-17(2,3)24-15(25)9-14(27-24)12-6-4-11(5-7-12)8-13(22)10-23-16(26)18(19,20)21/h4-7,9,13H,8,10,22H2,1-3H3,(H,23,26)/t13-/m0/s1. The third kappa shape index (κ3) is 5.67. The van der Waals surface area contributed by atoms with Crippen LogP contribution in [0.1, 0.15) is 26.3 Å². The van der Waals surface area contributed by atoms with E-state index in [4.69, 9.17) is 5.73 Å². The molecule has 1 heterocycles. The van der Waals surface area contributed by atoms with Crippen LogP contribution in [-0.4, -0.2) is 28.6 Å².